The Morgan fingerprint density at radius 2 is 2.60 bits per heavy atom. The molecule has 10 heavy (non-hydrogen) atoms. The van der Waals surface area contributed by atoms with Crippen molar-refractivity contribution in [3.05, 3.63) is 29.6 Å². The van der Waals surface area contributed by atoms with Gasteiger partial charge in [-0.15, -0.1) is 0 Å². The second kappa shape index (κ2) is 2.39. The van der Waals surface area contributed by atoms with Crippen LogP contribution in [0.3, 0.4) is 0 Å². The van der Waals surface area contributed by atoms with E-state index >= 15 is 0 Å². The highest BCUT2D eigenvalue weighted by Crippen LogP contribution is 2.10. The predicted octanol–water partition coefficient (Wildman–Crippen LogP) is 0.727. The number of nitrogens with one attached hydrogen (secondary N) is 1. The molecule has 0 atom stereocenters. The lowest BCUT2D eigenvalue weighted by molar-refractivity contribution is 0.641. The van der Waals surface area contributed by atoms with Crippen molar-refractivity contribution >= 4 is 0 Å². The highest BCUT2D eigenvalue weighted by Gasteiger charge is 2.05. The van der Waals surface area contributed by atoms with E-state index in [1.54, 1.807) is 5.31 Å². The molecular weight excluding hydrogens is 124 g/mol. The Labute approximate surface area is 61.8 Å². The molecule has 1 aromatic heterocycles. The predicted molar refractivity (Wildman–Crippen MR) is 39.6 cm³/mol. The molecule has 1 aliphatic rings. The van der Waals surface area contributed by atoms with Crippen molar-refractivity contribution in [2.75, 3.05) is 6.54 Å². The van der Waals surface area contributed by atoms with Gasteiger partial charge in [-0.1, -0.05) is 0 Å². The third-order valence-electron chi connectivity index (χ3n) is 1.83. The second-order valence-corrected chi connectivity index (χ2v) is 2.50. The largest absolute Gasteiger partial charge is 0.312 e. The lowest BCUT2D eigenvalue weighted by Gasteiger charge is -2.15. The summed E-state index contributed by atoms with van der Waals surface area (Å²) >= 11 is 0. The molecule has 0 aliphatic carbocycles. The lowest BCUT2D eigenvalue weighted by atomic mass is 10.0. The Balaban J connectivity index is 2.34. The summed E-state index contributed by atoms with van der Waals surface area (Å²) in [6, 6.07) is 2.04. The summed E-state index contributed by atoms with van der Waals surface area (Å²) < 4.78 is 7.41. The fraction of sp³-hybridized carbons (Fsp3) is 0.375. The minimum atomic E-state index is 0.725. The van der Waals surface area contributed by atoms with Gasteiger partial charge in [-0.25, -0.2) is 0 Å². The number of pyridine rings is 1. The fourth-order valence-corrected chi connectivity index (χ4v) is 1.24. The van der Waals surface area contributed by atoms with Crippen molar-refractivity contribution in [2.24, 2.45) is 0 Å². The first-order valence-electron chi connectivity index (χ1n) is 3.96. The molecule has 2 heterocycles. The van der Waals surface area contributed by atoms with E-state index in [-0.39, 0.29) is 0 Å². The van der Waals surface area contributed by atoms with E-state index in [9.17, 15) is 0 Å². The number of hydrogen-bond acceptors (Lipinski definition) is 2. The van der Waals surface area contributed by atoms with Gasteiger partial charge in [0, 0.05) is 18.9 Å². The molecule has 0 saturated carbocycles. The first-order valence-corrected chi connectivity index (χ1v) is 3.52. The quantitative estimate of drug-likeness (QED) is 0.567. The average molecular weight is 135 g/mol. The Morgan fingerprint density at radius 1 is 1.60 bits per heavy atom. The Hall–Kier alpha value is -0.890. The van der Waals surface area contributed by atoms with Crippen molar-refractivity contribution in [1.29, 1.82) is 0 Å². The molecule has 0 aromatic carbocycles. The standard InChI is InChI=1S/C8H10N2/c1-3-9-5-8-6-10-4-2-7(1)8/h1,3,5,10H,2,4,6H2/i/hD. The molecule has 52 valence electrons. The van der Waals surface area contributed by atoms with E-state index in [1.807, 2.05) is 18.5 Å². The van der Waals surface area contributed by atoms with Crippen LogP contribution in [0.15, 0.2) is 18.5 Å². The van der Waals surface area contributed by atoms with Crippen molar-refractivity contribution in [2.45, 2.75) is 13.0 Å². The third kappa shape index (κ3) is 0.907. The minimum absolute atomic E-state index is 0.725. The van der Waals surface area contributed by atoms with Crippen molar-refractivity contribution in [3.63, 3.8) is 0 Å². The lowest BCUT2D eigenvalue weighted by Crippen LogP contribution is -2.23. The normalized spacial score (nSPS) is 19.8. The summed E-state index contributed by atoms with van der Waals surface area (Å²) in [6.45, 7) is 1.57. The molecule has 1 N–H and O–H groups in total. The molecule has 1 aliphatic heterocycles. The summed E-state index contributed by atoms with van der Waals surface area (Å²) in [5.74, 6) is 0. The summed E-state index contributed by atoms with van der Waals surface area (Å²) in [7, 11) is 0. The van der Waals surface area contributed by atoms with Gasteiger partial charge in [-0.2, -0.15) is 0 Å². The zero-order valence-electron chi connectivity index (χ0n) is 6.75. The van der Waals surface area contributed by atoms with E-state index in [0.29, 0.717) is 0 Å². The number of nitrogens with zero attached hydrogens (tertiary/aromatic N) is 1. The minimum Gasteiger partial charge on any atom is -0.312 e. The van der Waals surface area contributed by atoms with Crippen LogP contribution in [0.25, 0.3) is 0 Å². The molecule has 0 unspecified atom stereocenters. The SMILES string of the molecule is [2H]N1CCc2ccncc2C1. The fourth-order valence-electron chi connectivity index (χ4n) is 1.24. The smallest absolute Gasteiger partial charge is 0.123 e. The van der Waals surface area contributed by atoms with E-state index < -0.39 is 0 Å². The van der Waals surface area contributed by atoms with Crippen LogP contribution >= 0.6 is 0 Å². The average Bonchev–Trinajstić information content (AvgIpc) is 2.04. The molecular formula is C8H10N2. The first-order chi connectivity index (χ1) is 5.36. The molecule has 1 aromatic rings. The summed E-state index contributed by atoms with van der Waals surface area (Å²) in [5.41, 5.74) is 2.55. The van der Waals surface area contributed by atoms with Gasteiger partial charge in [-0.3, -0.25) is 4.98 Å². The van der Waals surface area contributed by atoms with E-state index in [2.05, 4.69) is 4.98 Å². The summed E-state index contributed by atoms with van der Waals surface area (Å²) in [5, 5.41) is 1.57. The molecule has 0 bridgehead atoms. The zero-order chi connectivity index (χ0) is 7.68. The number of rotatable bonds is 0. The van der Waals surface area contributed by atoms with Crippen LogP contribution in [0, 0.1) is 0 Å². The maximum atomic E-state index is 7.41. The van der Waals surface area contributed by atoms with Gasteiger partial charge < -0.3 is 5.31 Å². The topological polar surface area (TPSA) is 24.9 Å². The van der Waals surface area contributed by atoms with Gasteiger partial charge in [0.2, 0.25) is 0 Å². The van der Waals surface area contributed by atoms with Crippen LogP contribution in [-0.4, -0.2) is 11.5 Å². The molecule has 2 rings (SSSR count). The van der Waals surface area contributed by atoms with Crippen LogP contribution in [0.2, 0.25) is 1.41 Å². The van der Waals surface area contributed by atoms with Crippen molar-refractivity contribution < 1.29 is 1.41 Å². The molecule has 2 heteroatoms. The Kier molecular flexibility index (Phi) is 1.16. The monoisotopic (exact) mass is 135 g/mol. The maximum absolute atomic E-state index is 7.41. The van der Waals surface area contributed by atoms with Crippen LogP contribution in [0.4, 0.5) is 0 Å². The Morgan fingerprint density at radius 3 is 3.60 bits per heavy atom. The van der Waals surface area contributed by atoms with Crippen molar-refractivity contribution in [3.8, 4) is 0 Å². The molecule has 0 amide bonds. The zero-order valence-corrected chi connectivity index (χ0v) is 5.75. The van der Waals surface area contributed by atoms with E-state index in [4.69, 9.17) is 1.41 Å². The molecule has 0 fully saturated rings. The van der Waals surface area contributed by atoms with Gasteiger partial charge in [0.05, 0.1) is 0 Å². The number of fused-ring (bicyclic) bond motifs is 1. The molecule has 0 spiro atoms. The summed E-state index contributed by atoms with van der Waals surface area (Å²) in [4.78, 5) is 4.02. The van der Waals surface area contributed by atoms with Gasteiger partial charge in [0.25, 0.3) is 0 Å². The van der Waals surface area contributed by atoms with Gasteiger partial charge in [0.1, 0.15) is 1.41 Å². The first kappa shape index (κ1) is 4.85. The molecule has 0 saturated heterocycles. The maximum Gasteiger partial charge on any atom is 0.123 e. The highest BCUT2D eigenvalue weighted by molar-refractivity contribution is 5.25. The van der Waals surface area contributed by atoms with Crippen LogP contribution in [0.1, 0.15) is 11.1 Å². The van der Waals surface area contributed by atoms with E-state index in [0.717, 1.165) is 19.5 Å². The number of hydrogen-bond donors (Lipinski definition) is 1. The summed E-state index contributed by atoms with van der Waals surface area (Å²) in [6.07, 6.45) is 4.66. The van der Waals surface area contributed by atoms with Crippen LogP contribution in [0.5, 0.6) is 0 Å². The molecule has 0 radical (unpaired) electrons. The van der Waals surface area contributed by atoms with E-state index in [1.165, 1.54) is 11.1 Å². The van der Waals surface area contributed by atoms with Gasteiger partial charge in [-0.05, 0) is 30.2 Å². The third-order valence-corrected chi connectivity index (χ3v) is 1.83. The van der Waals surface area contributed by atoms with Gasteiger partial charge >= 0.3 is 0 Å². The molecule has 2 nitrogen and oxygen atoms in total. The van der Waals surface area contributed by atoms with Crippen LogP contribution < -0.4 is 5.31 Å². The highest BCUT2D eigenvalue weighted by atomic mass is 14.9. The van der Waals surface area contributed by atoms with Crippen molar-refractivity contribution in [1.82, 2.24) is 10.3 Å². The van der Waals surface area contributed by atoms with Crippen LogP contribution in [-0.2, 0) is 13.0 Å². The number of aromatic nitrogens is 1. The van der Waals surface area contributed by atoms with Gasteiger partial charge in [0.15, 0.2) is 0 Å². The second-order valence-electron chi connectivity index (χ2n) is 2.50. The Bertz CT molecular complexity index is 262.